The third-order valence-corrected chi connectivity index (χ3v) is 3.78. The number of rotatable bonds is 5. The number of aryl methyl sites for hydroxylation is 1. The number of hydrogen-bond donors (Lipinski definition) is 2. The highest BCUT2D eigenvalue weighted by molar-refractivity contribution is 14.0. The van der Waals surface area contributed by atoms with Crippen LogP contribution in [-0.4, -0.2) is 28.1 Å². The fourth-order valence-corrected chi connectivity index (χ4v) is 2.39. The van der Waals surface area contributed by atoms with Gasteiger partial charge >= 0.3 is 0 Å². The Balaban J connectivity index is 0.00000208. The van der Waals surface area contributed by atoms with Crippen molar-refractivity contribution in [3.05, 3.63) is 47.8 Å². The molecule has 1 aromatic carbocycles. The molecule has 0 unspecified atom stereocenters. The van der Waals surface area contributed by atoms with E-state index in [4.69, 9.17) is 0 Å². The summed E-state index contributed by atoms with van der Waals surface area (Å²) in [6.45, 7) is 5.14. The molecule has 0 bridgehead atoms. The van der Waals surface area contributed by atoms with Gasteiger partial charge in [-0.1, -0.05) is 6.07 Å². The maximum Gasteiger partial charge on any atom is 0.191 e. The zero-order valence-corrected chi connectivity index (χ0v) is 16.3. The van der Waals surface area contributed by atoms with Crippen LogP contribution in [-0.2, 0) is 6.54 Å². The van der Waals surface area contributed by atoms with Crippen LogP contribution in [0.1, 0.15) is 31.2 Å². The second-order valence-corrected chi connectivity index (χ2v) is 5.74. The number of imidazole rings is 1. The van der Waals surface area contributed by atoms with E-state index in [-0.39, 0.29) is 29.8 Å². The van der Waals surface area contributed by atoms with Gasteiger partial charge in [0.2, 0.25) is 0 Å². The van der Waals surface area contributed by atoms with Gasteiger partial charge in [-0.25, -0.2) is 14.4 Å². The lowest BCUT2D eigenvalue weighted by molar-refractivity contribution is 0.614. The summed E-state index contributed by atoms with van der Waals surface area (Å²) in [6, 6.07) is 5.76. The Bertz CT molecular complexity index is 709. The minimum atomic E-state index is -0.265. The van der Waals surface area contributed by atoms with Crippen LogP contribution in [0.25, 0.3) is 5.69 Å². The van der Waals surface area contributed by atoms with Crippen LogP contribution in [0, 0.1) is 12.7 Å². The quantitative estimate of drug-likeness (QED) is 0.424. The van der Waals surface area contributed by atoms with Gasteiger partial charge < -0.3 is 15.2 Å². The molecule has 3 rings (SSSR count). The molecule has 2 N–H and O–H groups in total. The lowest BCUT2D eigenvalue weighted by atomic mass is 10.2. The van der Waals surface area contributed by atoms with Crippen LogP contribution in [0.3, 0.4) is 0 Å². The summed E-state index contributed by atoms with van der Waals surface area (Å²) < 4.78 is 16.1. The number of nitrogens with zero attached hydrogens (tertiary/aromatic N) is 3. The van der Waals surface area contributed by atoms with Gasteiger partial charge in [0.1, 0.15) is 11.6 Å². The summed E-state index contributed by atoms with van der Waals surface area (Å²) in [5, 5.41) is 6.56. The van der Waals surface area contributed by atoms with Crippen LogP contribution in [0.4, 0.5) is 4.39 Å². The van der Waals surface area contributed by atoms with Gasteiger partial charge in [0, 0.05) is 25.0 Å². The van der Waals surface area contributed by atoms with Crippen molar-refractivity contribution in [3.8, 4) is 5.69 Å². The third kappa shape index (κ3) is 4.68. The minimum Gasteiger partial charge on any atom is -0.357 e. The zero-order chi connectivity index (χ0) is 16.2. The molecule has 0 atom stereocenters. The van der Waals surface area contributed by atoms with Crippen LogP contribution in [0.15, 0.2) is 35.6 Å². The second-order valence-electron chi connectivity index (χ2n) is 5.74. The number of aromatic nitrogens is 2. The van der Waals surface area contributed by atoms with Crippen LogP contribution >= 0.6 is 24.0 Å². The summed E-state index contributed by atoms with van der Waals surface area (Å²) in [6.07, 6.45) is 5.81. The van der Waals surface area contributed by atoms with Crippen molar-refractivity contribution in [2.24, 2.45) is 4.99 Å². The molecule has 1 fully saturated rings. The number of guanidine groups is 1. The van der Waals surface area contributed by atoms with E-state index >= 15 is 0 Å². The van der Waals surface area contributed by atoms with E-state index in [1.165, 1.54) is 12.8 Å². The molecule has 130 valence electrons. The highest BCUT2D eigenvalue weighted by Crippen LogP contribution is 2.19. The number of hydrogen-bond acceptors (Lipinski definition) is 2. The molecule has 7 heteroatoms. The molecule has 1 saturated carbocycles. The summed E-state index contributed by atoms with van der Waals surface area (Å²) in [5.74, 6) is 1.29. The average Bonchev–Trinajstić information content (AvgIpc) is 3.25. The molecule has 24 heavy (non-hydrogen) atoms. The maximum absolute atomic E-state index is 14.4. The predicted molar refractivity (Wildman–Crippen MR) is 105 cm³/mol. The molecular weight excluding hydrogens is 420 g/mol. The fourth-order valence-electron chi connectivity index (χ4n) is 2.39. The van der Waals surface area contributed by atoms with Gasteiger partial charge in [-0.2, -0.15) is 0 Å². The molecule has 0 aliphatic heterocycles. The van der Waals surface area contributed by atoms with Crippen molar-refractivity contribution in [1.82, 2.24) is 20.2 Å². The third-order valence-electron chi connectivity index (χ3n) is 3.78. The fraction of sp³-hybridized carbons (Fsp3) is 0.412. The number of aliphatic imine (C=N–C) groups is 1. The first-order chi connectivity index (χ1) is 11.2. The molecule has 2 aromatic rings. The van der Waals surface area contributed by atoms with Crippen molar-refractivity contribution in [1.29, 1.82) is 0 Å². The summed E-state index contributed by atoms with van der Waals surface area (Å²) in [5.41, 5.74) is 1.35. The van der Waals surface area contributed by atoms with E-state index in [1.807, 2.05) is 19.9 Å². The monoisotopic (exact) mass is 443 g/mol. The normalized spacial score (nSPS) is 14.2. The van der Waals surface area contributed by atoms with Crippen molar-refractivity contribution < 1.29 is 4.39 Å². The standard InChI is InChI=1S/C17H22FN5.HI/c1-3-19-17(22-14-5-6-14)21-11-13-4-7-16(15(18)10-13)23-9-8-20-12(23)2;/h4,7-10,14H,3,5-6,11H2,1-2H3,(H2,19,21,22);1H. The summed E-state index contributed by atoms with van der Waals surface area (Å²) >= 11 is 0. The Hall–Kier alpha value is -1.64. The van der Waals surface area contributed by atoms with E-state index in [2.05, 4.69) is 20.6 Å². The first kappa shape index (κ1) is 18.7. The largest absolute Gasteiger partial charge is 0.357 e. The molecule has 0 spiro atoms. The molecule has 1 aromatic heterocycles. The second kappa shape index (κ2) is 8.46. The van der Waals surface area contributed by atoms with Crippen molar-refractivity contribution in [2.45, 2.75) is 39.3 Å². The Morgan fingerprint density at radius 3 is 2.79 bits per heavy atom. The molecule has 0 radical (unpaired) electrons. The van der Waals surface area contributed by atoms with Crippen LogP contribution < -0.4 is 10.6 Å². The van der Waals surface area contributed by atoms with E-state index in [0.29, 0.717) is 18.3 Å². The number of benzene rings is 1. The lowest BCUT2D eigenvalue weighted by Gasteiger charge is -2.11. The predicted octanol–water partition coefficient (Wildman–Crippen LogP) is 3.16. The van der Waals surface area contributed by atoms with Gasteiger partial charge in [0.05, 0.1) is 12.2 Å². The van der Waals surface area contributed by atoms with Crippen molar-refractivity contribution in [2.75, 3.05) is 6.54 Å². The average molecular weight is 443 g/mol. The molecule has 5 nitrogen and oxygen atoms in total. The van der Waals surface area contributed by atoms with Crippen molar-refractivity contribution >= 4 is 29.9 Å². The smallest absolute Gasteiger partial charge is 0.191 e. The lowest BCUT2D eigenvalue weighted by Crippen LogP contribution is -2.38. The topological polar surface area (TPSA) is 54.2 Å². The Labute approximate surface area is 158 Å². The van der Waals surface area contributed by atoms with Crippen molar-refractivity contribution in [3.63, 3.8) is 0 Å². The first-order valence-electron chi connectivity index (χ1n) is 8.01. The summed E-state index contributed by atoms with van der Waals surface area (Å²) in [4.78, 5) is 8.65. The Kier molecular flexibility index (Phi) is 6.59. The van der Waals surface area contributed by atoms with Gasteiger partial charge in [-0.15, -0.1) is 24.0 Å². The van der Waals surface area contributed by atoms with E-state index in [9.17, 15) is 4.39 Å². The van der Waals surface area contributed by atoms with Crippen LogP contribution in [0.2, 0.25) is 0 Å². The highest BCUT2D eigenvalue weighted by atomic mass is 127. The minimum absolute atomic E-state index is 0. The summed E-state index contributed by atoms with van der Waals surface area (Å²) in [7, 11) is 0. The molecule has 1 aliphatic rings. The van der Waals surface area contributed by atoms with Gasteiger partial charge in [-0.3, -0.25) is 0 Å². The first-order valence-corrected chi connectivity index (χ1v) is 8.01. The number of nitrogens with one attached hydrogen (secondary N) is 2. The molecule has 0 saturated heterocycles. The van der Waals surface area contributed by atoms with E-state index in [1.54, 1.807) is 29.1 Å². The Morgan fingerprint density at radius 2 is 2.21 bits per heavy atom. The van der Waals surface area contributed by atoms with Gasteiger partial charge in [0.25, 0.3) is 0 Å². The zero-order valence-electron chi connectivity index (χ0n) is 13.9. The number of halogens is 2. The van der Waals surface area contributed by atoms with Gasteiger partial charge in [0.15, 0.2) is 5.96 Å². The van der Waals surface area contributed by atoms with E-state index < -0.39 is 0 Å². The molecule has 1 aliphatic carbocycles. The van der Waals surface area contributed by atoms with Gasteiger partial charge in [-0.05, 0) is 44.4 Å². The van der Waals surface area contributed by atoms with E-state index in [0.717, 1.165) is 23.9 Å². The van der Waals surface area contributed by atoms with Crippen LogP contribution in [0.5, 0.6) is 0 Å². The molecule has 1 heterocycles. The maximum atomic E-state index is 14.4. The molecule has 0 amide bonds. The SMILES string of the molecule is CCNC(=NCc1ccc(-n2ccnc2C)c(F)c1)NC1CC1.I. The highest BCUT2D eigenvalue weighted by Gasteiger charge is 2.22. The molecular formula is C17H23FIN5. The Morgan fingerprint density at radius 1 is 1.42 bits per heavy atom.